The first-order chi connectivity index (χ1) is 7.84. The molecule has 0 spiro atoms. The molecule has 1 aromatic rings. The molecule has 94 valence electrons. The van der Waals surface area contributed by atoms with Crippen LogP contribution >= 0.6 is 0 Å². The summed E-state index contributed by atoms with van der Waals surface area (Å²) in [7, 11) is 0. The van der Waals surface area contributed by atoms with E-state index in [-0.39, 0.29) is 17.9 Å². The quantitative estimate of drug-likeness (QED) is 0.476. The van der Waals surface area contributed by atoms with Crippen molar-refractivity contribution in [3.63, 3.8) is 0 Å². The number of hydrogen-bond donors (Lipinski definition) is 2. The summed E-state index contributed by atoms with van der Waals surface area (Å²) in [5.41, 5.74) is 4.39. The zero-order valence-corrected chi connectivity index (χ0v) is 10.8. The largest absolute Gasteiger partial charge is 0.483 e. The van der Waals surface area contributed by atoms with Crippen LogP contribution in [0.5, 0.6) is 5.75 Å². The number of carbonyl (C=O) groups excluding carboxylic acids is 1. The first kappa shape index (κ1) is 13.5. The van der Waals surface area contributed by atoms with E-state index < -0.39 is 0 Å². The van der Waals surface area contributed by atoms with Crippen LogP contribution in [0.4, 0.5) is 0 Å². The van der Waals surface area contributed by atoms with Crippen molar-refractivity contribution in [1.82, 2.24) is 5.43 Å². The highest BCUT2D eigenvalue weighted by atomic mass is 16.5. The fourth-order valence-corrected chi connectivity index (χ4v) is 1.46. The van der Waals surface area contributed by atoms with Crippen LogP contribution in [0, 0.1) is 6.92 Å². The second-order valence-electron chi connectivity index (χ2n) is 5.09. The number of nitrogens with one attached hydrogen (secondary N) is 1. The van der Waals surface area contributed by atoms with Gasteiger partial charge in [0.1, 0.15) is 5.75 Å². The Kier molecular flexibility index (Phi) is 4.12. The van der Waals surface area contributed by atoms with Gasteiger partial charge in [-0.2, -0.15) is 0 Å². The van der Waals surface area contributed by atoms with Crippen LogP contribution in [0.3, 0.4) is 0 Å². The molecule has 1 rings (SSSR count). The molecule has 0 aliphatic carbocycles. The van der Waals surface area contributed by atoms with E-state index in [4.69, 9.17) is 10.6 Å². The molecule has 4 heteroatoms. The van der Waals surface area contributed by atoms with Crippen LogP contribution in [0.25, 0.3) is 0 Å². The van der Waals surface area contributed by atoms with E-state index in [9.17, 15) is 4.79 Å². The van der Waals surface area contributed by atoms with Gasteiger partial charge in [-0.25, -0.2) is 5.84 Å². The van der Waals surface area contributed by atoms with Gasteiger partial charge in [0, 0.05) is 0 Å². The average Bonchev–Trinajstić information content (AvgIpc) is 2.25. The minimum absolute atomic E-state index is 0.0633. The molecule has 3 N–H and O–H groups in total. The van der Waals surface area contributed by atoms with Gasteiger partial charge in [0.15, 0.2) is 6.61 Å². The molecule has 0 saturated heterocycles. The van der Waals surface area contributed by atoms with Crippen molar-refractivity contribution >= 4 is 5.91 Å². The Morgan fingerprint density at radius 1 is 1.41 bits per heavy atom. The van der Waals surface area contributed by atoms with Gasteiger partial charge in [0.05, 0.1) is 0 Å². The number of carbonyl (C=O) groups is 1. The van der Waals surface area contributed by atoms with E-state index >= 15 is 0 Å². The molecule has 0 aliphatic rings. The summed E-state index contributed by atoms with van der Waals surface area (Å²) in [5, 5.41) is 0. The summed E-state index contributed by atoms with van der Waals surface area (Å²) in [5.74, 6) is 5.34. The minimum Gasteiger partial charge on any atom is -0.483 e. The number of rotatable bonds is 3. The summed E-state index contributed by atoms with van der Waals surface area (Å²) in [6, 6.07) is 5.98. The van der Waals surface area contributed by atoms with Crippen LogP contribution in [0.15, 0.2) is 18.2 Å². The third-order valence-corrected chi connectivity index (χ3v) is 2.56. The van der Waals surface area contributed by atoms with Gasteiger partial charge in [-0.1, -0.05) is 32.9 Å². The van der Waals surface area contributed by atoms with E-state index in [2.05, 4.69) is 26.8 Å². The summed E-state index contributed by atoms with van der Waals surface area (Å²) < 4.78 is 5.37. The van der Waals surface area contributed by atoms with Crippen molar-refractivity contribution in [1.29, 1.82) is 0 Å². The van der Waals surface area contributed by atoms with Crippen molar-refractivity contribution < 1.29 is 9.53 Å². The molecule has 0 radical (unpaired) electrons. The number of benzene rings is 1. The molecule has 0 aliphatic heterocycles. The maximum Gasteiger partial charge on any atom is 0.271 e. The normalized spacial score (nSPS) is 11.1. The van der Waals surface area contributed by atoms with Crippen molar-refractivity contribution in [2.24, 2.45) is 5.84 Å². The molecule has 0 fully saturated rings. The second kappa shape index (κ2) is 5.19. The Hall–Kier alpha value is -1.55. The van der Waals surface area contributed by atoms with E-state index in [1.165, 1.54) is 5.56 Å². The minimum atomic E-state index is -0.343. The lowest BCUT2D eigenvalue weighted by Crippen LogP contribution is -2.34. The molecule has 0 unspecified atom stereocenters. The molecule has 0 bridgehead atoms. The maximum absolute atomic E-state index is 11.0. The smallest absolute Gasteiger partial charge is 0.271 e. The lowest BCUT2D eigenvalue weighted by Gasteiger charge is -2.20. The predicted molar refractivity (Wildman–Crippen MR) is 67.7 cm³/mol. The maximum atomic E-state index is 11.0. The standard InChI is InChI=1S/C13H20N2O2/c1-9-7-10(13(2,3)4)5-6-11(9)17-8-12(16)15-14/h5-7H,8,14H2,1-4H3,(H,15,16). The molecule has 0 atom stereocenters. The zero-order valence-electron chi connectivity index (χ0n) is 10.8. The van der Waals surface area contributed by atoms with Crippen molar-refractivity contribution in [2.45, 2.75) is 33.1 Å². The number of hydrogen-bond acceptors (Lipinski definition) is 3. The molecule has 0 saturated carbocycles. The molecule has 17 heavy (non-hydrogen) atoms. The Morgan fingerprint density at radius 2 is 2.06 bits per heavy atom. The van der Waals surface area contributed by atoms with Crippen LogP contribution in [0.2, 0.25) is 0 Å². The Balaban J connectivity index is 2.80. The van der Waals surface area contributed by atoms with E-state index in [1.54, 1.807) is 0 Å². The third kappa shape index (κ3) is 3.75. The number of hydrazine groups is 1. The van der Waals surface area contributed by atoms with Gasteiger partial charge in [0.2, 0.25) is 0 Å². The van der Waals surface area contributed by atoms with Gasteiger partial charge in [-0.05, 0) is 29.5 Å². The molecule has 1 aromatic carbocycles. The fraction of sp³-hybridized carbons (Fsp3) is 0.462. The van der Waals surface area contributed by atoms with Crippen LogP contribution < -0.4 is 16.0 Å². The number of ether oxygens (including phenoxy) is 1. The number of amides is 1. The van der Waals surface area contributed by atoms with Crippen molar-refractivity contribution in [2.75, 3.05) is 6.61 Å². The molecule has 0 heterocycles. The van der Waals surface area contributed by atoms with Crippen molar-refractivity contribution in [3.8, 4) is 5.75 Å². The Morgan fingerprint density at radius 3 is 2.53 bits per heavy atom. The van der Waals surface area contributed by atoms with Gasteiger partial charge in [0.25, 0.3) is 5.91 Å². The van der Waals surface area contributed by atoms with Gasteiger partial charge < -0.3 is 4.74 Å². The highest BCUT2D eigenvalue weighted by Gasteiger charge is 2.14. The molecule has 0 aromatic heterocycles. The monoisotopic (exact) mass is 236 g/mol. The Labute approximate surface area is 102 Å². The third-order valence-electron chi connectivity index (χ3n) is 2.56. The van der Waals surface area contributed by atoms with E-state index in [0.29, 0.717) is 5.75 Å². The number of nitrogens with two attached hydrogens (primary N) is 1. The van der Waals surface area contributed by atoms with Crippen LogP contribution in [0.1, 0.15) is 31.9 Å². The Bertz CT molecular complexity index is 408. The lowest BCUT2D eigenvalue weighted by atomic mass is 9.86. The predicted octanol–water partition coefficient (Wildman–Crippen LogP) is 1.66. The summed E-state index contributed by atoms with van der Waals surface area (Å²) in [6.45, 7) is 8.37. The molecular formula is C13H20N2O2. The SMILES string of the molecule is Cc1cc(C(C)(C)C)ccc1OCC(=O)NN. The first-order valence-corrected chi connectivity index (χ1v) is 5.58. The summed E-state index contributed by atoms with van der Waals surface area (Å²) in [4.78, 5) is 11.0. The van der Waals surface area contributed by atoms with Crippen LogP contribution in [-0.2, 0) is 10.2 Å². The highest BCUT2D eigenvalue weighted by molar-refractivity contribution is 5.76. The lowest BCUT2D eigenvalue weighted by molar-refractivity contribution is -0.123. The first-order valence-electron chi connectivity index (χ1n) is 5.58. The summed E-state index contributed by atoms with van der Waals surface area (Å²) >= 11 is 0. The van der Waals surface area contributed by atoms with Crippen LogP contribution in [-0.4, -0.2) is 12.5 Å². The molecular weight excluding hydrogens is 216 g/mol. The van der Waals surface area contributed by atoms with E-state index in [0.717, 1.165) is 5.56 Å². The van der Waals surface area contributed by atoms with Gasteiger partial charge >= 0.3 is 0 Å². The van der Waals surface area contributed by atoms with E-state index in [1.807, 2.05) is 24.5 Å². The van der Waals surface area contributed by atoms with Gasteiger partial charge in [-0.15, -0.1) is 0 Å². The zero-order chi connectivity index (χ0) is 13.1. The van der Waals surface area contributed by atoms with Crippen molar-refractivity contribution in [3.05, 3.63) is 29.3 Å². The summed E-state index contributed by atoms with van der Waals surface area (Å²) in [6.07, 6.45) is 0. The molecule has 4 nitrogen and oxygen atoms in total. The topological polar surface area (TPSA) is 64.3 Å². The number of aryl methyl sites for hydroxylation is 1. The highest BCUT2D eigenvalue weighted by Crippen LogP contribution is 2.27. The average molecular weight is 236 g/mol. The fourth-order valence-electron chi connectivity index (χ4n) is 1.46. The molecule has 1 amide bonds. The van der Waals surface area contributed by atoms with Gasteiger partial charge in [-0.3, -0.25) is 10.2 Å². The second-order valence-corrected chi connectivity index (χ2v) is 5.09.